The Kier molecular flexibility index (Phi) is 7.41. The van der Waals surface area contributed by atoms with Gasteiger partial charge >= 0.3 is 0 Å². The van der Waals surface area contributed by atoms with E-state index in [9.17, 15) is 0 Å². The maximum atomic E-state index is 5.78. The third-order valence-corrected chi connectivity index (χ3v) is 4.53. The van der Waals surface area contributed by atoms with Gasteiger partial charge in [0, 0.05) is 32.1 Å². The highest BCUT2D eigenvalue weighted by Crippen LogP contribution is 2.24. The number of hydrogen-bond donors (Lipinski definition) is 0. The van der Waals surface area contributed by atoms with Crippen molar-refractivity contribution in [1.82, 2.24) is 4.57 Å². The summed E-state index contributed by atoms with van der Waals surface area (Å²) in [6, 6.07) is 8.61. The number of nitrogens with zero attached hydrogens (tertiary/aromatic N) is 1. The first-order chi connectivity index (χ1) is 11.7. The molecule has 0 unspecified atom stereocenters. The van der Waals surface area contributed by atoms with E-state index in [4.69, 9.17) is 17.0 Å². The summed E-state index contributed by atoms with van der Waals surface area (Å²) in [6.07, 6.45) is 12.8. The minimum atomic E-state index is 0.738. The number of ether oxygens (including phenoxy) is 1. The summed E-state index contributed by atoms with van der Waals surface area (Å²) < 4.78 is 8.28. The van der Waals surface area contributed by atoms with Crippen LogP contribution < -0.4 is 0 Å². The molecule has 3 heteroatoms. The molecular weight excluding hydrogens is 314 g/mol. The molecular formula is C21H27NOS. The molecule has 0 aliphatic heterocycles. The third-order valence-electron chi connectivity index (χ3n) is 4.04. The highest BCUT2D eigenvalue weighted by molar-refractivity contribution is 7.71. The Bertz CT molecular complexity index is 746. The first-order valence-corrected chi connectivity index (χ1v) is 8.99. The van der Waals surface area contributed by atoms with Gasteiger partial charge in [0.2, 0.25) is 0 Å². The Morgan fingerprint density at radius 1 is 1.17 bits per heavy atom. The van der Waals surface area contributed by atoms with Crippen LogP contribution in [0, 0.1) is 4.51 Å². The summed E-state index contributed by atoms with van der Waals surface area (Å²) in [7, 11) is 3.81. The Morgan fingerprint density at radius 3 is 2.75 bits per heavy atom. The Balaban J connectivity index is 2.31. The average molecular weight is 342 g/mol. The lowest BCUT2D eigenvalue weighted by atomic mass is 10.0. The predicted molar refractivity (Wildman–Crippen MR) is 105 cm³/mol. The van der Waals surface area contributed by atoms with Crippen LogP contribution in [0.15, 0.2) is 48.8 Å². The van der Waals surface area contributed by atoms with Gasteiger partial charge in [0.15, 0.2) is 0 Å². The number of methoxy groups -OCH3 is 1. The van der Waals surface area contributed by atoms with E-state index in [1.165, 1.54) is 16.7 Å². The summed E-state index contributed by atoms with van der Waals surface area (Å²) in [6.45, 7) is 2.90. The summed E-state index contributed by atoms with van der Waals surface area (Å²) in [5.41, 5.74) is 4.86. The van der Waals surface area contributed by atoms with E-state index >= 15 is 0 Å². The minimum absolute atomic E-state index is 0.738. The zero-order valence-electron chi connectivity index (χ0n) is 14.9. The largest absolute Gasteiger partial charge is 0.384 e. The van der Waals surface area contributed by atoms with E-state index in [0.717, 1.165) is 42.4 Å². The summed E-state index contributed by atoms with van der Waals surface area (Å²) in [5.74, 6) is 0. The van der Waals surface area contributed by atoms with Crippen molar-refractivity contribution in [1.29, 1.82) is 0 Å². The van der Waals surface area contributed by atoms with Crippen molar-refractivity contribution in [3.05, 3.63) is 64.4 Å². The summed E-state index contributed by atoms with van der Waals surface area (Å²) in [4.78, 5) is 0. The topological polar surface area (TPSA) is 14.2 Å². The SMILES string of the molecule is CC/C=C/CCc1cn(C)cc(-c2cccc(CCOC)c2)c1=S. The maximum absolute atomic E-state index is 5.78. The second-order valence-electron chi connectivity index (χ2n) is 6.05. The number of aromatic nitrogens is 1. The molecule has 0 aliphatic rings. The van der Waals surface area contributed by atoms with E-state index in [2.05, 4.69) is 67.3 Å². The van der Waals surface area contributed by atoms with Crippen molar-refractivity contribution in [2.24, 2.45) is 7.05 Å². The quantitative estimate of drug-likeness (QED) is 0.464. The normalized spacial score (nSPS) is 11.3. The maximum Gasteiger partial charge on any atom is 0.0516 e. The molecule has 2 rings (SSSR count). The molecule has 0 bridgehead atoms. The van der Waals surface area contributed by atoms with Crippen LogP contribution >= 0.6 is 12.2 Å². The van der Waals surface area contributed by atoms with Gasteiger partial charge in [-0.15, -0.1) is 0 Å². The van der Waals surface area contributed by atoms with Gasteiger partial charge < -0.3 is 9.30 Å². The van der Waals surface area contributed by atoms with Crippen LogP contribution in [0.25, 0.3) is 11.1 Å². The smallest absolute Gasteiger partial charge is 0.0516 e. The minimum Gasteiger partial charge on any atom is -0.384 e. The van der Waals surface area contributed by atoms with Crippen molar-refractivity contribution < 1.29 is 4.74 Å². The number of allylic oxidation sites excluding steroid dienone is 2. The Hall–Kier alpha value is -1.71. The second kappa shape index (κ2) is 9.55. The zero-order chi connectivity index (χ0) is 17.4. The molecule has 0 spiro atoms. The van der Waals surface area contributed by atoms with Gasteiger partial charge in [-0.3, -0.25) is 0 Å². The van der Waals surface area contributed by atoms with Gasteiger partial charge in [-0.2, -0.15) is 0 Å². The Labute approximate surface area is 150 Å². The number of aryl methyl sites for hydroxylation is 2. The lowest BCUT2D eigenvalue weighted by molar-refractivity contribution is 0.202. The van der Waals surface area contributed by atoms with Crippen LogP contribution in [0.3, 0.4) is 0 Å². The lowest BCUT2D eigenvalue weighted by Gasteiger charge is -2.11. The Morgan fingerprint density at radius 2 is 2.00 bits per heavy atom. The van der Waals surface area contributed by atoms with Crippen molar-refractivity contribution in [3.8, 4) is 11.1 Å². The van der Waals surface area contributed by atoms with Gasteiger partial charge in [0.05, 0.1) is 11.1 Å². The molecule has 0 radical (unpaired) electrons. The van der Waals surface area contributed by atoms with Crippen molar-refractivity contribution in [2.45, 2.75) is 32.6 Å². The van der Waals surface area contributed by atoms with Gasteiger partial charge in [0.25, 0.3) is 0 Å². The molecule has 2 aromatic rings. The number of pyridine rings is 1. The molecule has 0 atom stereocenters. The molecule has 0 saturated carbocycles. The fourth-order valence-corrected chi connectivity index (χ4v) is 3.12. The van der Waals surface area contributed by atoms with Crippen molar-refractivity contribution >= 4 is 12.2 Å². The molecule has 0 N–H and O–H groups in total. The fraction of sp³-hybridized carbons (Fsp3) is 0.381. The number of benzene rings is 1. The van der Waals surface area contributed by atoms with E-state index in [1.807, 2.05) is 0 Å². The number of rotatable bonds is 8. The highest BCUT2D eigenvalue weighted by Gasteiger charge is 2.07. The second-order valence-corrected chi connectivity index (χ2v) is 6.46. The molecule has 0 aliphatic carbocycles. The monoisotopic (exact) mass is 341 g/mol. The van der Waals surface area contributed by atoms with Crippen LogP contribution in [-0.2, 0) is 24.6 Å². The van der Waals surface area contributed by atoms with Gasteiger partial charge in [-0.1, -0.05) is 55.6 Å². The van der Waals surface area contributed by atoms with Gasteiger partial charge in [-0.25, -0.2) is 0 Å². The molecule has 0 fully saturated rings. The van der Waals surface area contributed by atoms with Crippen LogP contribution in [0.1, 0.15) is 30.9 Å². The fourth-order valence-electron chi connectivity index (χ4n) is 2.80. The van der Waals surface area contributed by atoms with Crippen LogP contribution in [-0.4, -0.2) is 18.3 Å². The zero-order valence-corrected chi connectivity index (χ0v) is 15.7. The lowest BCUT2D eigenvalue weighted by Crippen LogP contribution is -1.99. The summed E-state index contributed by atoms with van der Waals surface area (Å²) in [5, 5.41) is 0. The molecule has 128 valence electrons. The molecule has 24 heavy (non-hydrogen) atoms. The van der Waals surface area contributed by atoms with Gasteiger partial charge in [0.1, 0.15) is 0 Å². The average Bonchev–Trinajstić information content (AvgIpc) is 2.59. The van der Waals surface area contributed by atoms with E-state index < -0.39 is 0 Å². The highest BCUT2D eigenvalue weighted by atomic mass is 32.1. The molecule has 1 aromatic heterocycles. The van der Waals surface area contributed by atoms with E-state index in [1.54, 1.807) is 7.11 Å². The molecule has 2 nitrogen and oxygen atoms in total. The molecule has 1 aromatic carbocycles. The van der Waals surface area contributed by atoms with E-state index in [-0.39, 0.29) is 0 Å². The van der Waals surface area contributed by atoms with Crippen molar-refractivity contribution in [2.75, 3.05) is 13.7 Å². The van der Waals surface area contributed by atoms with Crippen molar-refractivity contribution in [3.63, 3.8) is 0 Å². The van der Waals surface area contributed by atoms with Crippen LogP contribution in [0.5, 0.6) is 0 Å². The number of hydrogen-bond acceptors (Lipinski definition) is 2. The van der Waals surface area contributed by atoms with Crippen LogP contribution in [0.2, 0.25) is 0 Å². The molecule has 0 saturated heterocycles. The third kappa shape index (κ3) is 5.15. The molecule has 1 heterocycles. The summed E-state index contributed by atoms with van der Waals surface area (Å²) >= 11 is 5.78. The first kappa shape index (κ1) is 18.6. The standard InChI is InChI=1S/C21H27NOS/c1-4-5-6-7-10-19-15-22(2)16-20(21(19)24)18-11-8-9-17(14-18)12-13-23-3/h5-6,8-9,11,14-16H,4,7,10,12-13H2,1-3H3/b6-5+. The van der Waals surface area contributed by atoms with Crippen LogP contribution in [0.4, 0.5) is 0 Å². The van der Waals surface area contributed by atoms with E-state index in [0.29, 0.717) is 0 Å². The van der Waals surface area contributed by atoms with Gasteiger partial charge in [-0.05, 0) is 42.4 Å². The first-order valence-electron chi connectivity index (χ1n) is 8.58. The molecule has 0 amide bonds. The predicted octanol–water partition coefficient (Wildman–Crippen LogP) is 5.51.